The molecular weight excluding hydrogens is 268 g/mol. The summed E-state index contributed by atoms with van der Waals surface area (Å²) in [7, 11) is 0. The maximum absolute atomic E-state index is 12.0. The molecule has 110 valence electrons. The average Bonchev–Trinajstić information content (AvgIpc) is 2.97. The van der Waals surface area contributed by atoms with E-state index in [9.17, 15) is 9.59 Å². The van der Waals surface area contributed by atoms with Gasteiger partial charge in [0.2, 0.25) is 0 Å². The Kier molecular flexibility index (Phi) is 4.71. The van der Waals surface area contributed by atoms with Gasteiger partial charge in [0.25, 0.3) is 11.8 Å². The van der Waals surface area contributed by atoms with Gasteiger partial charge in [-0.3, -0.25) is 14.7 Å². The van der Waals surface area contributed by atoms with Crippen LogP contribution in [0.15, 0.2) is 30.3 Å². The van der Waals surface area contributed by atoms with Gasteiger partial charge >= 0.3 is 0 Å². The SMILES string of the molecule is CCNC(=O)c1ccc(NC(=O)c2cc(CC)[nH]n2)cc1. The van der Waals surface area contributed by atoms with E-state index in [1.807, 2.05) is 13.8 Å². The van der Waals surface area contributed by atoms with Crippen LogP contribution in [0.1, 0.15) is 40.4 Å². The number of hydrogen-bond acceptors (Lipinski definition) is 3. The zero-order valence-electron chi connectivity index (χ0n) is 12.1. The topological polar surface area (TPSA) is 86.9 Å². The van der Waals surface area contributed by atoms with Crippen molar-refractivity contribution in [1.82, 2.24) is 15.5 Å². The highest BCUT2D eigenvalue weighted by atomic mass is 16.2. The van der Waals surface area contributed by atoms with Gasteiger partial charge in [0.05, 0.1) is 0 Å². The monoisotopic (exact) mass is 286 g/mol. The molecule has 2 amide bonds. The molecule has 0 atom stereocenters. The number of anilines is 1. The van der Waals surface area contributed by atoms with Crippen molar-refractivity contribution in [2.75, 3.05) is 11.9 Å². The number of nitrogens with one attached hydrogen (secondary N) is 3. The van der Waals surface area contributed by atoms with E-state index in [1.165, 1.54) is 0 Å². The van der Waals surface area contributed by atoms with Gasteiger partial charge in [-0.15, -0.1) is 0 Å². The third-order valence-electron chi connectivity index (χ3n) is 2.99. The number of nitrogens with zero attached hydrogens (tertiary/aromatic N) is 1. The Morgan fingerprint density at radius 2 is 1.86 bits per heavy atom. The van der Waals surface area contributed by atoms with Crippen LogP contribution in [-0.4, -0.2) is 28.6 Å². The molecule has 2 aromatic rings. The zero-order valence-corrected chi connectivity index (χ0v) is 12.1. The van der Waals surface area contributed by atoms with E-state index < -0.39 is 0 Å². The average molecular weight is 286 g/mol. The predicted molar refractivity (Wildman–Crippen MR) is 80.4 cm³/mol. The molecule has 21 heavy (non-hydrogen) atoms. The highest BCUT2D eigenvalue weighted by Crippen LogP contribution is 2.11. The second-order valence-corrected chi connectivity index (χ2v) is 4.52. The molecule has 0 aliphatic rings. The molecule has 0 saturated carbocycles. The van der Waals surface area contributed by atoms with E-state index in [2.05, 4.69) is 20.8 Å². The summed E-state index contributed by atoms with van der Waals surface area (Å²) in [4.78, 5) is 23.6. The standard InChI is InChI=1S/C15H18N4O2/c1-3-11-9-13(19-18-11)15(21)17-12-7-5-10(6-8-12)14(20)16-4-2/h5-9H,3-4H2,1-2H3,(H,16,20)(H,17,21)(H,18,19). The molecule has 1 heterocycles. The highest BCUT2D eigenvalue weighted by molar-refractivity contribution is 6.03. The molecule has 0 saturated heterocycles. The Morgan fingerprint density at radius 3 is 2.43 bits per heavy atom. The number of rotatable bonds is 5. The van der Waals surface area contributed by atoms with Gasteiger partial charge in [-0.1, -0.05) is 6.92 Å². The Morgan fingerprint density at radius 1 is 1.14 bits per heavy atom. The first kappa shape index (κ1) is 14.8. The largest absolute Gasteiger partial charge is 0.352 e. The lowest BCUT2D eigenvalue weighted by molar-refractivity contribution is 0.0955. The van der Waals surface area contributed by atoms with Crippen LogP contribution in [0.3, 0.4) is 0 Å². The Hall–Kier alpha value is -2.63. The molecule has 6 heteroatoms. The fourth-order valence-electron chi connectivity index (χ4n) is 1.82. The van der Waals surface area contributed by atoms with Crippen LogP contribution in [0.25, 0.3) is 0 Å². The zero-order chi connectivity index (χ0) is 15.2. The summed E-state index contributed by atoms with van der Waals surface area (Å²) >= 11 is 0. The summed E-state index contributed by atoms with van der Waals surface area (Å²) in [5.74, 6) is -0.410. The van der Waals surface area contributed by atoms with Crippen LogP contribution in [0.5, 0.6) is 0 Å². The van der Waals surface area contributed by atoms with E-state index in [-0.39, 0.29) is 11.8 Å². The lowest BCUT2D eigenvalue weighted by Crippen LogP contribution is -2.22. The minimum Gasteiger partial charge on any atom is -0.352 e. The van der Waals surface area contributed by atoms with Gasteiger partial charge in [0.15, 0.2) is 5.69 Å². The van der Waals surface area contributed by atoms with Crippen molar-refractivity contribution < 1.29 is 9.59 Å². The molecule has 0 unspecified atom stereocenters. The number of amides is 2. The third-order valence-corrected chi connectivity index (χ3v) is 2.99. The summed E-state index contributed by atoms with van der Waals surface area (Å²) in [6, 6.07) is 8.44. The number of carbonyl (C=O) groups is 2. The van der Waals surface area contributed by atoms with Crippen LogP contribution in [0.2, 0.25) is 0 Å². The molecule has 6 nitrogen and oxygen atoms in total. The number of benzene rings is 1. The summed E-state index contributed by atoms with van der Waals surface area (Å²) in [6.45, 7) is 4.42. The van der Waals surface area contributed by atoms with Crippen LogP contribution >= 0.6 is 0 Å². The Labute approximate surface area is 122 Å². The number of hydrogen-bond donors (Lipinski definition) is 3. The lowest BCUT2D eigenvalue weighted by Gasteiger charge is -2.05. The van der Waals surface area contributed by atoms with Crippen molar-refractivity contribution in [3.05, 3.63) is 47.3 Å². The van der Waals surface area contributed by atoms with E-state index in [1.54, 1.807) is 30.3 Å². The lowest BCUT2D eigenvalue weighted by atomic mass is 10.2. The Balaban J connectivity index is 2.02. The molecule has 0 bridgehead atoms. The fourth-order valence-corrected chi connectivity index (χ4v) is 1.82. The molecule has 0 aliphatic carbocycles. The molecule has 1 aromatic carbocycles. The van der Waals surface area contributed by atoms with Crippen molar-refractivity contribution in [2.24, 2.45) is 0 Å². The van der Waals surface area contributed by atoms with Gasteiger partial charge in [-0.25, -0.2) is 0 Å². The van der Waals surface area contributed by atoms with Crippen LogP contribution in [0.4, 0.5) is 5.69 Å². The number of aromatic nitrogens is 2. The van der Waals surface area contributed by atoms with Crippen LogP contribution < -0.4 is 10.6 Å². The maximum Gasteiger partial charge on any atom is 0.276 e. The smallest absolute Gasteiger partial charge is 0.276 e. The van der Waals surface area contributed by atoms with E-state index in [0.29, 0.717) is 23.5 Å². The van der Waals surface area contributed by atoms with Crippen molar-refractivity contribution in [2.45, 2.75) is 20.3 Å². The molecule has 0 radical (unpaired) electrons. The Bertz CT molecular complexity index is 631. The van der Waals surface area contributed by atoms with Crippen molar-refractivity contribution in [3.63, 3.8) is 0 Å². The molecule has 0 spiro atoms. The second kappa shape index (κ2) is 6.69. The van der Waals surface area contributed by atoms with Gasteiger partial charge in [0, 0.05) is 23.5 Å². The van der Waals surface area contributed by atoms with Crippen LogP contribution in [0, 0.1) is 0 Å². The van der Waals surface area contributed by atoms with Gasteiger partial charge in [0.1, 0.15) is 0 Å². The number of H-pyrrole nitrogens is 1. The summed E-state index contributed by atoms with van der Waals surface area (Å²) in [5.41, 5.74) is 2.43. The fraction of sp³-hybridized carbons (Fsp3) is 0.267. The van der Waals surface area contributed by atoms with Gasteiger partial charge in [-0.2, -0.15) is 5.10 Å². The van der Waals surface area contributed by atoms with Crippen molar-refractivity contribution in [1.29, 1.82) is 0 Å². The first-order valence-electron chi connectivity index (χ1n) is 6.88. The number of aromatic amines is 1. The minimum absolute atomic E-state index is 0.129. The van der Waals surface area contributed by atoms with Crippen molar-refractivity contribution >= 4 is 17.5 Å². The number of aryl methyl sites for hydroxylation is 1. The minimum atomic E-state index is -0.281. The molecule has 2 rings (SSSR count). The summed E-state index contributed by atoms with van der Waals surface area (Å²) in [5, 5.41) is 12.2. The summed E-state index contributed by atoms with van der Waals surface area (Å²) < 4.78 is 0. The maximum atomic E-state index is 12.0. The van der Waals surface area contributed by atoms with Crippen molar-refractivity contribution in [3.8, 4) is 0 Å². The second-order valence-electron chi connectivity index (χ2n) is 4.52. The summed E-state index contributed by atoms with van der Waals surface area (Å²) in [6.07, 6.45) is 0.793. The van der Waals surface area contributed by atoms with Gasteiger partial charge in [-0.05, 0) is 43.7 Å². The third kappa shape index (κ3) is 3.68. The van der Waals surface area contributed by atoms with E-state index in [0.717, 1.165) is 12.1 Å². The number of carbonyl (C=O) groups excluding carboxylic acids is 2. The van der Waals surface area contributed by atoms with Crippen LogP contribution in [-0.2, 0) is 6.42 Å². The molecule has 0 aliphatic heterocycles. The molecule has 0 fully saturated rings. The molecular formula is C15H18N4O2. The van der Waals surface area contributed by atoms with Gasteiger partial charge < -0.3 is 10.6 Å². The van der Waals surface area contributed by atoms with E-state index >= 15 is 0 Å². The normalized spacial score (nSPS) is 10.2. The van der Waals surface area contributed by atoms with E-state index in [4.69, 9.17) is 0 Å². The quantitative estimate of drug-likeness (QED) is 0.785. The predicted octanol–water partition coefficient (Wildman–Crippen LogP) is 1.97. The molecule has 3 N–H and O–H groups in total. The highest BCUT2D eigenvalue weighted by Gasteiger charge is 2.10. The first-order valence-corrected chi connectivity index (χ1v) is 6.88. The first-order chi connectivity index (χ1) is 10.1. The molecule has 1 aromatic heterocycles.